The molecule has 1 aromatic rings. The molecule has 0 saturated heterocycles. The molecule has 0 bridgehead atoms. The second kappa shape index (κ2) is 6.72. The number of benzene rings is 1. The van der Waals surface area contributed by atoms with Crippen molar-refractivity contribution in [1.29, 1.82) is 0 Å². The highest BCUT2D eigenvalue weighted by Crippen LogP contribution is 2.26. The first-order valence-electron chi connectivity index (χ1n) is 5.80. The molecule has 0 aliphatic rings. The summed E-state index contributed by atoms with van der Waals surface area (Å²) in [6.07, 6.45) is 4.02. The van der Waals surface area contributed by atoms with Gasteiger partial charge in [0.25, 0.3) is 0 Å². The van der Waals surface area contributed by atoms with Crippen LogP contribution in [0, 0.1) is 6.92 Å². The average molecular weight is 238 g/mol. The van der Waals surface area contributed by atoms with E-state index in [1.54, 1.807) is 0 Å². The van der Waals surface area contributed by atoms with Crippen molar-refractivity contribution >= 4 is 11.6 Å². The number of rotatable bonds is 6. The fourth-order valence-corrected chi connectivity index (χ4v) is 1.99. The van der Waals surface area contributed by atoms with E-state index in [0.29, 0.717) is 6.04 Å². The molecule has 0 aliphatic carbocycles. The van der Waals surface area contributed by atoms with Gasteiger partial charge in [-0.2, -0.15) is 0 Å². The molecule has 1 nitrogen and oxygen atoms in total. The van der Waals surface area contributed by atoms with Crippen LogP contribution in [0.15, 0.2) is 30.9 Å². The van der Waals surface area contributed by atoms with Crippen LogP contribution in [0.1, 0.15) is 36.9 Å². The Labute approximate surface area is 104 Å². The van der Waals surface area contributed by atoms with Crippen LogP contribution < -0.4 is 5.32 Å². The van der Waals surface area contributed by atoms with E-state index in [0.717, 1.165) is 24.4 Å². The lowest BCUT2D eigenvalue weighted by molar-refractivity contribution is 0.535. The molecule has 0 spiro atoms. The van der Waals surface area contributed by atoms with Crippen LogP contribution in [0.25, 0.3) is 0 Å². The molecule has 0 fully saturated rings. The van der Waals surface area contributed by atoms with E-state index >= 15 is 0 Å². The summed E-state index contributed by atoms with van der Waals surface area (Å²) >= 11 is 6.14. The first kappa shape index (κ1) is 13.3. The summed E-state index contributed by atoms with van der Waals surface area (Å²) in [6, 6.07) is 6.41. The molecule has 0 heterocycles. The maximum Gasteiger partial charge on any atom is 0.0438 e. The Morgan fingerprint density at radius 2 is 2.25 bits per heavy atom. The minimum absolute atomic E-state index is 0.330. The molecule has 1 unspecified atom stereocenters. The second-order valence-electron chi connectivity index (χ2n) is 3.99. The van der Waals surface area contributed by atoms with Crippen molar-refractivity contribution in [1.82, 2.24) is 5.32 Å². The molecule has 16 heavy (non-hydrogen) atoms. The zero-order valence-electron chi connectivity index (χ0n) is 10.1. The largest absolute Gasteiger partial charge is 0.310 e. The average Bonchev–Trinajstić information content (AvgIpc) is 2.28. The minimum atomic E-state index is 0.330. The first-order chi connectivity index (χ1) is 7.70. The fraction of sp³-hybridized carbons (Fsp3) is 0.429. The van der Waals surface area contributed by atoms with Crippen LogP contribution in [-0.4, -0.2) is 6.54 Å². The van der Waals surface area contributed by atoms with Gasteiger partial charge in [0, 0.05) is 11.1 Å². The highest BCUT2D eigenvalue weighted by atomic mass is 35.5. The quantitative estimate of drug-likeness (QED) is 0.729. The number of hydrogen-bond donors (Lipinski definition) is 1. The second-order valence-corrected chi connectivity index (χ2v) is 4.39. The van der Waals surface area contributed by atoms with Gasteiger partial charge in [0.05, 0.1) is 0 Å². The molecule has 1 atom stereocenters. The monoisotopic (exact) mass is 237 g/mol. The lowest BCUT2D eigenvalue weighted by atomic mass is 9.98. The molecule has 1 rings (SSSR count). The summed E-state index contributed by atoms with van der Waals surface area (Å²) in [7, 11) is 0. The molecule has 1 aromatic carbocycles. The lowest BCUT2D eigenvalue weighted by Gasteiger charge is -2.20. The molecular formula is C14H20ClN. The van der Waals surface area contributed by atoms with Gasteiger partial charge in [-0.05, 0) is 43.5 Å². The normalized spacial score (nSPS) is 12.4. The van der Waals surface area contributed by atoms with Gasteiger partial charge in [0.2, 0.25) is 0 Å². The molecule has 0 saturated carbocycles. The topological polar surface area (TPSA) is 12.0 Å². The fourth-order valence-electron chi connectivity index (χ4n) is 1.81. The van der Waals surface area contributed by atoms with E-state index in [2.05, 4.69) is 31.8 Å². The van der Waals surface area contributed by atoms with Gasteiger partial charge >= 0.3 is 0 Å². The third kappa shape index (κ3) is 3.36. The Hall–Kier alpha value is -0.790. The van der Waals surface area contributed by atoms with Crippen molar-refractivity contribution < 1.29 is 0 Å². The van der Waals surface area contributed by atoms with Crippen LogP contribution in [-0.2, 0) is 0 Å². The van der Waals surface area contributed by atoms with Crippen LogP contribution in [0.2, 0.25) is 5.02 Å². The van der Waals surface area contributed by atoms with Gasteiger partial charge in [-0.1, -0.05) is 36.7 Å². The van der Waals surface area contributed by atoms with Gasteiger partial charge in [-0.15, -0.1) is 6.58 Å². The highest BCUT2D eigenvalue weighted by molar-refractivity contribution is 6.31. The molecule has 1 N–H and O–H groups in total. The van der Waals surface area contributed by atoms with Crippen molar-refractivity contribution in [2.24, 2.45) is 0 Å². The summed E-state index contributed by atoms with van der Waals surface area (Å²) in [5.74, 6) is 0. The molecule has 88 valence electrons. The van der Waals surface area contributed by atoms with Crippen molar-refractivity contribution in [2.75, 3.05) is 6.54 Å². The number of hydrogen-bond acceptors (Lipinski definition) is 1. The van der Waals surface area contributed by atoms with Gasteiger partial charge in [-0.3, -0.25) is 0 Å². The summed E-state index contributed by atoms with van der Waals surface area (Å²) in [5, 5.41) is 4.36. The van der Waals surface area contributed by atoms with E-state index in [-0.39, 0.29) is 0 Å². The Morgan fingerprint density at radius 1 is 1.50 bits per heavy atom. The molecule has 0 radical (unpaired) electrons. The van der Waals surface area contributed by atoms with Gasteiger partial charge in [0.1, 0.15) is 0 Å². The van der Waals surface area contributed by atoms with Crippen LogP contribution in [0.5, 0.6) is 0 Å². The third-order valence-corrected chi connectivity index (χ3v) is 3.14. The first-order valence-corrected chi connectivity index (χ1v) is 6.17. The standard InChI is InChI=1S/C14H20ClN/c1-4-7-14(16-10-5-2)12-8-6-9-13(15)11(12)3/h4,6,8-9,14,16H,1,5,7,10H2,2-3H3. The Bertz CT molecular complexity index is 347. The Morgan fingerprint density at radius 3 is 2.88 bits per heavy atom. The highest BCUT2D eigenvalue weighted by Gasteiger charge is 2.12. The van der Waals surface area contributed by atoms with E-state index in [1.807, 2.05) is 18.2 Å². The van der Waals surface area contributed by atoms with E-state index in [4.69, 9.17) is 11.6 Å². The smallest absolute Gasteiger partial charge is 0.0438 e. The summed E-state index contributed by atoms with van der Waals surface area (Å²) in [4.78, 5) is 0. The zero-order valence-corrected chi connectivity index (χ0v) is 10.8. The molecular weight excluding hydrogens is 218 g/mol. The van der Waals surface area contributed by atoms with Gasteiger partial charge in [0.15, 0.2) is 0 Å². The summed E-state index contributed by atoms with van der Waals surface area (Å²) in [5.41, 5.74) is 2.44. The van der Waals surface area contributed by atoms with Gasteiger partial charge < -0.3 is 5.32 Å². The van der Waals surface area contributed by atoms with Gasteiger partial charge in [-0.25, -0.2) is 0 Å². The summed E-state index contributed by atoms with van der Waals surface area (Å²) in [6.45, 7) is 9.07. The van der Waals surface area contributed by atoms with Crippen molar-refractivity contribution in [3.8, 4) is 0 Å². The maximum absolute atomic E-state index is 6.14. The molecule has 2 heteroatoms. The van der Waals surface area contributed by atoms with Crippen LogP contribution >= 0.6 is 11.6 Å². The maximum atomic E-state index is 6.14. The van der Waals surface area contributed by atoms with Crippen molar-refractivity contribution in [3.63, 3.8) is 0 Å². The summed E-state index contributed by atoms with van der Waals surface area (Å²) < 4.78 is 0. The van der Waals surface area contributed by atoms with E-state index in [9.17, 15) is 0 Å². The predicted molar refractivity (Wildman–Crippen MR) is 72.0 cm³/mol. The Kier molecular flexibility index (Phi) is 5.58. The predicted octanol–water partition coefficient (Wildman–Crippen LogP) is 4.27. The molecule has 0 aromatic heterocycles. The lowest BCUT2D eigenvalue weighted by Crippen LogP contribution is -2.22. The zero-order chi connectivity index (χ0) is 12.0. The van der Waals surface area contributed by atoms with Crippen LogP contribution in [0.3, 0.4) is 0 Å². The molecule has 0 amide bonds. The van der Waals surface area contributed by atoms with E-state index in [1.165, 1.54) is 11.1 Å². The SMILES string of the molecule is C=CCC(NCCC)c1cccc(Cl)c1C. The number of nitrogens with one attached hydrogen (secondary N) is 1. The third-order valence-electron chi connectivity index (χ3n) is 2.73. The molecule has 0 aliphatic heterocycles. The Balaban J connectivity index is 2.91. The van der Waals surface area contributed by atoms with E-state index < -0.39 is 0 Å². The number of halogens is 1. The minimum Gasteiger partial charge on any atom is -0.310 e. The van der Waals surface area contributed by atoms with Crippen molar-refractivity contribution in [2.45, 2.75) is 32.7 Å². The van der Waals surface area contributed by atoms with Crippen molar-refractivity contribution in [3.05, 3.63) is 47.0 Å². The van der Waals surface area contributed by atoms with Crippen LogP contribution in [0.4, 0.5) is 0 Å².